The van der Waals surface area contributed by atoms with Gasteiger partial charge in [0.15, 0.2) is 6.10 Å². The molecule has 0 unspecified atom stereocenters. The van der Waals surface area contributed by atoms with Gasteiger partial charge in [0.05, 0.1) is 24.4 Å². The number of carbonyl (C=O) groups excluding carboxylic acids is 3. The molecule has 0 radical (unpaired) electrons. The lowest BCUT2D eigenvalue weighted by Gasteiger charge is -2.17. The van der Waals surface area contributed by atoms with Gasteiger partial charge < -0.3 is 19.4 Å². The fraction of sp³-hybridized carbons (Fsp3) is 0.316. The predicted octanol–water partition coefficient (Wildman–Crippen LogP) is 2.48. The van der Waals surface area contributed by atoms with Gasteiger partial charge in [-0.25, -0.2) is 8.78 Å². The van der Waals surface area contributed by atoms with E-state index in [1.807, 2.05) is 0 Å². The zero-order valence-corrected chi connectivity index (χ0v) is 15.0. The van der Waals surface area contributed by atoms with Gasteiger partial charge in [0.2, 0.25) is 5.91 Å². The third kappa shape index (κ3) is 4.54. The number of hydrogen-bond acceptors (Lipinski definition) is 5. The molecule has 9 heteroatoms. The topological polar surface area (TPSA) is 88.9 Å². The normalized spacial score (nSPS) is 17.5. The van der Waals surface area contributed by atoms with Crippen LogP contribution in [0.25, 0.3) is 0 Å². The fourth-order valence-electron chi connectivity index (χ4n) is 2.82. The van der Waals surface area contributed by atoms with E-state index in [9.17, 15) is 23.2 Å². The molecule has 0 saturated carbocycles. The summed E-state index contributed by atoms with van der Waals surface area (Å²) in [4.78, 5) is 37.9. The highest BCUT2D eigenvalue weighted by atomic mass is 19.1. The summed E-state index contributed by atoms with van der Waals surface area (Å²) in [6.45, 7) is 1.72. The number of amides is 2. The Hall–Kier alpha value is -3.23. The van der Waals surface area contributed by atoms with Gasteiger partial charge in [-0.2, -0.15) is 0 Å². The summed E-state index contributed by atoms with van der Waals surface area (Å²) in [5, 5.41) is 2.23. The quantitative estimate of drug-likeness (QED) is 0.763. The van der Waals surface area contributed by atoms with E-state index in [4.69, 9.17) is 9.15 Å². The Kier molecular flexibility index (Phi) is 5.72. The van der Waals surface area contributed by atoms with Crippen LogP contribution in [0.1, 0.15) is 19.1 Å². The molecule has 0 aliphatic carbocycles. The molecule has 2 amide bonds. The molecule has 0 bridgehead atoms. The van der Waals surface area contributed by atoms with Gasteiger partial charge >= 0.3 is 5.97 Å². The van der Waals surface area contributed by atoms with Crippen molar-refractivity contribution >= 4 is 23.5 Å². The fourth-order valence-corrected chi connectivity index (χ4v) is 2.82. The average Bonchev–Trinajstić information content (AvgIpc) is 3.28. The molecular weight excluding hydrogens is 374 g/mol. The molecule has 28 heavy (non-hydrogen) atoms. The SMILES string of the molecule is C[C@H](OC(=O)[C@H]1CC(=O)N(Cc2ccco2)C1)C(=O)Nc1ccc(F)cc1F. The molecule has 1 aliphatic rings. The zero-order chi connectivity index (χ0) is 20.3. The number of furan rings is 1. The highest BCUT2D eigenvalue weighted by Gasteiger charge is 2.37. The van der Waals surface area contributed by atoms with Crippen molar-refractivity contribution in [2.24, 2.45) is 5.92 Å². The highest BCUT2D eigenvalue weighted by molar-refractivity contribution is 5.95. The van der Waals surface area contributed by atoms with Crippen LogP contribution in [0.4, 0.5) is 14.5 Å². The van der Waals surface area contributed by atoms with Crippen molar-refractivity contribution in [2.45, 2.75) is 26.0 Å². The predicted molar refractivity (Wildman–Crippen MR) is 92.8 cm³/mol. The number of carbonyl (C=O) groups is 3. The molecule has 3 rings (SSSR count). The molecule has 7 nitrogen and oxygen atoms in total. The summed E-state index contributed by atoms with van der Waals surface area (Å²) in [7, 11) is 0. The van der Waals surface area contributed by atoms with Gasteiger partial charge in [-0.3, -0.25) is 14.4 Å². The summed E-state index contributed by atoms with van der Waals surface area (Å²) in [5.41, 5.74) is -0.227. The lowest BCUT2D eigenvalue weighted by molar-refractivity contribution is -0.157. The van der Waals surface area contributed by atoms with Crippen molar-refractivity contribution < 1.29 is 32.3 Å². The number of anilines is 1. The van der Waals surface area contributed by atoms with Gasteiger partial charge in [-0.1, -0.05) is 0 Å². The number of ether oxygens (including phenoxy) is 1. The first-order valence-corrected chi connectivity index (χ1v) is 8.60. The maximum atomic E-state index is 13.6. The summed E-state index contributed by atoms with van der Waals surface area (Å²) >= 11 is 0. The molecular formula is C19H18F2N2O5. The largest absolute Gasteiger partial charge is 0.467 e. The van der Waals surface area contributed by atoms with E-state index in [0.29, 0.717) is 11.8 Å². The van der Waals surface area contributed by atoms with Crippen molar-refractivity contribution in [2.75, 3.05) is 11.9 Å². The highest BCUT2D eigenvalue weighted by Crippen LogP contribution is 2.22. The molecule has 1 aromatic carbocycles. The van der Waals surface area contributed by atoms with Crippen LogP contribution in [0.2, 0.25) is 0 Å². The van der Waals surface area contributed by atoms with Gasteiger partial charge in [-0.05, 0) is 31.2 Å². The standard InChI is InChI=1S/C19H18F2N2O5/c1-11(18(25)22-16-5-4-13(20)8-15(16)21)28-19(26)12-7-17(24)23(9-12)10-14-3-2-6-27-14/h2-6,8,11-12H,7,9-10H2,1H3,(H,22,25)/t11-,12-/m0/s1. The Morgan fingerprint density at radius 2 is 2.14 bits per heavy atom. The Labute approximate surface area is 159 Å². The molecule has 1 fully saturated rings. The maximum Gasteiger partial charge on any atom is 0.312 e. The first-order valence-electron chi connectivity index (χ1n) is 8.60. The second-order valence-corrected chi connectivity index (χ2v) is 6.45. The van der Waals surface area contributed by atoms with Crippen LogP contribution in [-0.2, 0) is 25.7 Å². The number of nitrogens with one attached hydrogen (secondary N) is 1. The summed E-state index contributed by atoms with van der Waals surface area (Å²) < 4.78 is 36.8. The van der Waals surface area contributed by atoms with Crippen LogP contribution in [0, 0.1) is 17.6 Å². The maximum absolute atomic E-state index is 13.6. The second-order valence-electron chi connectivity index (χ2n) is 6.45. The van der Waals surface area contributed by atoms with Crippen LogP contribution in [-0.4, -0.2) is 35.3 Å². The first-order chi connectivity index (χ1) is 13.3. The Morgan fingerprint density at radius 3 is 2.82 bits per heavy atom. The lowest BCUT2D eigenvalue weighted by Crippen LogP contribution is -2.33. The van der Waals surface area contributed by atoms with Gasteiger partial charge in [0, 0.05) is 19.0 Å². The third-order valence-electron chi connectivity index (χ3n) is 4.33. The molecule has 1 N–H and O–H groups in total. The number of likely N-dealkylation sites (tertiary alicyclic amines) is 1. The first kappa shape index (κ1) is 19.5. The number of rotatable bonds is 6. The van der Waals surface area contributed by atoms with Crippen LogP contribution >= 0.6 is 0 Å². The molecule has 2 aromatic rings. The van der Waals surface area contributed by atoms with E-state index in [-0.39, 0.29) is 31.1 Å². The Morgan fingerprint density at radius 1 is 1.36 bits per heavy atom. The van der Waals surface area contributed by atoms with E-state index >= 15 is 0 Å². The van der Waals surface area contributed by atoms with Gasteiger partial charge in [0.25, 0.3) is 5.91 Å². The number of hydrogen-bond donors (Lipinski definition) is 1. The third-order valence-corrected chi connectivity index (χ3v) is 4.33. The van der Waals surface area contributed by atoms with Crippen molar-refractivity contribution in [1.82, 2.24) is 4.90 Å². The van der Waals surface area contributed by atoms with Crippen LogP contribution in [0.15, 0.2) is 41.0 Å². The summed E-state index contributed by atoms with van der Waals surface area (Å²) in [5.74, 6) is -3.52. The van der Waals surface area contributed by atoms with E-state index in [2.05, 4.69) is 5.32 Å². The minimum Gasteiger partial charge on any atom is -0.467 e. The van der Waals surface area contributed by atoms with Crippen LogP contribution < -0.4 is 5.32 Å². The van der Waals surface area contributed by atoms with Crippen molar-refractivity contribution in [3.05, 3.63) is 54.0 Å². The Balaban J connectivity index is 1.53. The number of benzene rings is 1. The minimum atomic E-state index is -1.22. The summed E-state index contributed by atoms with van der Waals surface area (Å²) in [6, 6.07) is 6.11. The number of halogens is 2. The molecule has 1 saturated heterocycles. The molecule has 0 spiro atoms. The van der Waals surface area contributed by atoms with Crippen molar-refractivity contribution in [1.29, 1.82) is 0 Å². The van der Waals surface area contributed by atoms with E-state index in [1.54, 1.807) is 12.1 Å². The lowest BCUT2D eigenvalue weighted by atomic mass is 10.1. The second kappa shape index (κ2) is 8.20. The Bertz CT molecular complexity index is 884. The average molecular weight is 392 g/mol. The van der Waals surface area contributed by atoms with Crippen LogP contribution in [0.5, 0.6) is 0 Å². The summed E-state index contributed by atoms with van der Waals surface area (Å²) in [6.07, 6.45) is 0.248. The number of esters is 1. The van der Waals surface area contributed by atoms with Crippen molar-refractivity contribution in [3.8, 4) is 0 Å². The zero-order valence-electron chi connectivity index (χ0n) is 15.0. The molecule has 1 aliphatic heterocycles. The van der Waals surface area contributed by atoms with E-state index in [1.165, 1.54) is 18.1 Å². The monoisotopic (exact) mass is 392 g/mol. The molecule has 148 valence electrons. The van der Waals surface area contributed by atoms with E-state index in [0.717, 1.165) is 12.1 Å². The molecule has 2 atom stereocenters. The van der Waals surface area contributed by atoms with Crippen molar-refractivity contribution in [3.63, 3.8) is 0 Å². The molecule has 1 aromatic heterocycles. The van der Waals surface area contributed by atoms with E-state index < -0.39 is 35.5 Å². The van der Waals surface area contributed by atoms with Gasteiger partial charge in [0.1, 0.15) is 17.4 Å². The van der Waals surface area contributed by atoms with Crippen LogP contribution in [0.3, 0.4) is 0 Å². The van der Waals surface area contributed by atoms with Gasteiger partial charge in [-0.15, -0.1) is 0 Å². The smallest absolute Gasteiger partial charge is 0.312 e. The molecule has 2 heterocycles. The number of nitrogens with zero attached hydrogens (tertiary/aromatic N) is 1. The minimum absolute atomic E-state index is 0.0273.